The van der Waals surface area contributed by atoms with Gasteiger partial charge in [0.1, 0.15) is 11.0 Å². The van der Waals surface area contributed by atoms with Crippen LogP contribution in [0.5, 0.6) is 0 Å². The predicted octanol–water partition coefficient (Wildman–Crippen LogP) is 4.16. The quantitative estimate of drug-likeness (QED) is 0.340. The molecular weight excluding hydrogens is 442 g/mol. The zero-order chi connectivity index (χ0) is 23.9. The van der Waals surface area contributed by atoms with E-state index in [1.807, 2.05) is 66.3 Å². The van der Waals surface area contributed by atoms with Crippen LogP contribution in [0.15, 0.2) is 65.5 Å². The number of carbonyl (C=O) groups is 1. The Bertz CT molecular complexity index is 1710. The number of H-pyrrole nitrogens is 1. The third kappa shape index (κ3) is 3.67. The molecule has 0 atom stereocenters. The second-order valence-corrected chi connectivity index (χ2v) is 8.45. The first-order valence-electron chi connectivity index (χ1n) is 11.3. The lowest BCUT2D eigenvalue weighted by atomic mass is 10.1. The molecule has 0 fully saturated rings. The first-order valence-corrected chi connectivity index (χ1v) is 11.3. The van der Waals surface area contributed by atoms with Crippen LogP contribution < -0.4 is 10.6 Å². The van der Waals surface area contributed by atoms with Crippen LogP contribution in [-0.2, 0) is 24.8 Å². The topological polar surface area (TPSA) is 114 Å². The maximum absolute atomic E-state index is 12.6. The number of para-hydroxylation sites is 1. The molecule has 0 aliphatic carbocycles. The molecule has 174 valence electrons. The summed E-state index contributed by atoms with van der Waals surface area (Å²) in [6.07, 6.45) is 3.94. The molecule has 0 saturated carbocycles. The number of oxazole rings is 1. The molecular formula is C26H23N7O2. The minimum atomic E-state index is -0.0376. The third-order valence-corrected chi connectivity index (χ3v) is 6.13. The van der Waals surface area contributed by atoms with Gasteiger partial charge < -0.3 is 24.6 Å². The Kier molecular flexibility index (Phi) is 4.95. The average Bonchev–Trinajstić information content (AvgIpc) is 3.59. The number of anilines is 1. The van der Waals surface area contributed by atoms with Gasteiger partial charge in [0.05, 0.1) is 12.7 Å². The number of carbonyl (C=O) groups excluding carboxylic acids is 1. The van der Waals surface area contributed by atoms with Crippen LogP contribution in [0.3, 0.4) is 0 Å². The van der Waals surface area contributed by atoms with E-state index in [9.17, 15) is 4.79 Å². The number of amides is 1. The van der Waals surface area contributed by atoms with Crippen LogP contribution in [0.2, 0.25) is 0 Å². The van der Waals surface area contributed by atoms with E-state index < -0.39 is 0 Å². The van der Waals surface area contributed by atoms with Crippen molar-refractivity contribution >= 4 is 44.9 Å². The summed E-state index contributed by atoms with van der Waals surface area (Å²) in [7, 11) is 3.72. The minimum absolute atomic E-state index is 0.0376. The fourth-order valence-corrected chi connectivity index (χ4v) is 4.41. The van der Waals surface area contributed by atoms with Gasteiger partial charge >= 0.3 is 0 Å². The number of imidazole rings is 1. The largest absolute Gasteiger partial charge is 0.418 e. The summed E-state index contributed by atoms with van der Waals surface area (Å²) in [6, 6.07) is 15.8. The Balaban J connectivity index is 1.23. The van der Waals surface area contributed by atoms with Crippen LogP contribution in [0, 0.1) is 0 Å². The van der Waals surface area contributed by atoms with Crippen LogP contribution in [0.25, 0.3) is 44.6 Å². The molecule has 35 heavy (non-hydrogen) atoms. The number of rotatable bonds is 6. The molecule has 4 aromatic heterocycles. The summed E-state index contributed by atoms with van der Waals surface area (Å²) in [4.78, 5) is 29.5. The molecule has 0 aliphatic rings. The van der Waals surface area contributed by atoms with Gasteiger partial charge in [-0.05, 0) is 29.3 Å². The smallest absolute Gasteiger partial charge is 0.251 e. The molecule has 4 heterocycles. The van der Waals surface area contributed by atoms with Crippen molar-refractivity contribution in [2.24, 2.45) is 7.05 Å². The maximum atomic E-state index is 12.6. The molecule has 0 saturated heterocycles. The number of nitrogens with one attached hydrogen (secondary N) is 3. The summed E-state index contributed by atoms with van der Waals surface area (Å²) >= 11 is 0. The molecule has 0 radical (unpaired) electrons. The molecule has 9 nitrogen and oxygen atoms in total. The number of nitrogens with zero attached hydrogens (tertiary/aromatic N) is 4. The molecule has 9 heteroatoms. The van der Waals surface area contributed by atoms with Crippen molar-refractivity contribution in [2.75, 3.05) is 12.4 Å². The molecule has 2 aromatic carbocycles. The molecule has 6 rings (SSSR count). The molecule has 0 aliphatic heterocycles. The number of aromatic nitrogens is 5. The number of aromatic amines is 1. The zero-order valence-electron chi connectivity index (χ0n) is 19.3. The number of hydrogen-bond donors (Lipinski definition) is 3. The monoisotopic (exact) mass is 465 g/mol. The van der Waals surface area contributed by atoms with Gasteiger partial charge in [-0.1, -0.05) is 30.3 Å². The van der Waals surface area contributed by atoms with Crippen molar-refractivity contribution in [3.8, 4) is 11.5 Å². The van der Waals surface area contributed by atoms with Crippen LogP contribution in [-0.4, -0.2) is 37.5 Å². The Morgan fingerprint density at radius 3 is 2.89 bits per heavy atom. The zero-order valence-corrected chi connectivity index (χ0v) is 19.3. The van der Waals surface area contributed by atoms with E-state index in [1.54, 1.807) is 13.4 Å². The highest BCUT2D eigenvalue weighted by Gasteiger charge is 2.18. The molecule has 0 bridgehead atoms. The molecule has 0 unspecified atom stereocenters. The van der Waals surface area contributed by atoms with Crippen molar-refractivity contribution in [3.63, 3.8) is 0 Å². The average molecular weight is 466 g/mol. The van der Waals surface area contributed by atoms with Gasteiger partial charge in [-0.15, -0.1) is 0 Å². The molecule has 1 amide bonds. The summed E-state index contributed by atoms with van der Waals surface area (Å²) in [5.74, 6) is 1.07. The lowest BCUT2D eigenvalue weighted by molar-refractivity contribution is -0.120. The number of benzene rings is 2. The summed E-state index contributed by atoms with van der Waals surface area (Å²) < 4.78 is 7.94. The Labute approximate surface area is 200 Å². The van der Waals surface area contributed by atoms with E-state index in [1.165, 1.54) is 0 Å². The predicted molar refractivity (Wildman–Crippen MR) is 135 cm³/mol. The van der Waals surface area contributed by atoms with Crippen LogP contribution in [0.4, 0.5) is 5.82 Å². The van der Waals surface area contributed by atoms with E-state index in [2.05, 4.69) is 25.6 Å². The highest BCUT2D eigenvalue weighted by molar-refractivity contribution is 6.03. The maximum Gasteiger partial charge on any atom is 0.251 e. The highest BCUT2D eigenvalue weighted by Crippen LogP contribution is 2.31. The van der Waals surface area contributed by atoms with E-state index >= 15 is 0 Å². The van der Waals surface area contributed by atoms with Gasteiger partial charge in [-0.3, -0.25) is 4.79 Å². The van der Waals surface area contributed by atoms with E-state index in [-0.39, 0.29) is 5.91 Å². The minimum Gasteiger partial charge on any atom is -0.418 e. The van der Waals surface area contributed by atoms with E-state index in [0.717, 1.165) is 38.6 Å². The number of pyridine rings is 1. The van der Waals surface area contributed by atoms with E-state index in [4.69, 9.17) is 9.40 Å². The summed E-state index contributed by atoms with van der Waals surface area (Å²) in [5.41, 5.74) is 6.47. The lowest BCUT2D eigenvalue weighted by Gasteiger charge is -2.06. The summed E-state index contributed by atoms with van der Waals surface area (Å²) in [6.45, 7) is 0.406. The standard InChI is InChI=1S/C26H23N7O2/c1-27-24-21-23(33(2)14-30-21)22-26(32-24)35-25(31-22)16-7-5-6-15(10-16)12-29-20(34)11-17-13-28-19-9-4-3-8-18(17)19/h3-10,13-14,28H,11-12H2,1-2H3,(H,27,32)(H,29,34). The Morgan fingerprint density at radius 1 is 1.11 bits per heavy atom. The highest BCUT2D eigenvalue weighted by atomic mass is 16.4. The molecule has 6 aromatic rings. The van der Waals surface area contributed by atoms with Crippen molar-refractivity contribution < 1.29 is 9.21 Å². The number of fused-ring (bicyclic) bond motifs is 4. The van der Waals surface area contributed by atoms with Gasteiger partial charge in [0.15, 0.2) is 11.3 Å². The lowest BCUT2D eigenvalue weighted by Crippen LogP contribution is -2.24. The summed E-state index contributed by atoms with van der Waals surface area (Å²) in [5, 5.41) is 7.15. The van der Waals surface area contributed by atoms with E-state index in [0.29, 0.717) is 35.9 Å². The van der Waals surface area contributed by atoms with Crippen molar-refractivity contribution in [1.82, 2.24) is 29.8 Å². The second kappa shape index (κ2) is 8.28. The fourth-order valence-electron chi connectivity index (χ4n) is 4.41. The van der Waals surface area contributed by atoms with Crippen molar-refractivity contribution in [2.45, 2.75) is 13.0 Å². The van der Waals surface area contributed by atoms with Gasteiger partial charge in [0, 0.05) is 43.3 Å². The van der Waals surface area contributed by atoms with Gasteiger partial charge in [0.2, 0.25) is 11.8 Å². The van der Waals surface area contributed by atoms with Crippen LogP contribution in [0.1, 0.15) is 11.1 Å². The van der Waals surface area contributed by atoms with Gasteiger partial charge in [0.25, 0.3) is 5.71 Å². The van der Waals surface area contributed by atoms with Gasteiger partial charge in [-0.25, -0.2) is 9.97 Å². The van der Waals surface area contributed by atoms with Crippen molar-refractivity contribution in [3.05, 3.63) is 72.2 Å². The first-order chi connectivity index (χ1) is 17.1. The SMILES string of the molecule is CNc1nc2oc(-c3cccc(CNC(=O)Cc4c[nH]c5ccccc45)c3)nc2c2c1ncn2C. The normalized spacial score (nSPS) is 11.5. The van der Waals surface area contributed by atoms with Gasteiger partial charge in [-0.2, -0.15) is 4.98 Å². The number of aryl methyl sites for hydroxylation is 1. The third-order valence-electron chi connectivity index (χ3n) is 6.13. The Hall–Kier alpha value is -4.66. The fraction of sp³-hybridized carbons (Fsp3) is 0.154. The van der Waals surface area contributed by atoms with Crippen LogP contribution >= 0.6 is 0 Å². The number of hydrogen-bond acceptors (Lipinski definition) is 6. The molecule has 0 spiro atoms. The van der Waals surface area contributed by atoms with Crippen molar-refractivity contribution in [1.29, 1.82) is 0 Å². The molecule has 3 N–H and O–H groups in total. The second-order valence-electron chi connectivity index (χ2n) is 8.45. The first kappa shape index (κ1) is 20.9. The Morgan fingerprint density at radius 2 is 2.00 bits per heavy atom.